The van der Waals surface area contributed by atoms with Crippen LogP contribution in [0.25, 0.3) is 0 Å². The fourth-order valence-corrected chi connectivity index (χ4v) is 5.15. The monoisotopic (exact) mass is 442 g/mol. The summed E-state index contributed by atoms with van der Waals surface area (Å²) in [5, 5.41) is 12.3. The van der Waals surface area contributed by atoms with Crippen molar-refractivity contribution in [3.05, 3.63) is 29.4 Å². The van der Waals surface area contributed by atoms with Crippen molar-refractivity contribution >= 4 is 11.8 Å². The van der Waals surface area contributed by atoms with Gasteiger partial charge >= 0.3 is 0 Å². The van der Waals surface area contributed by atoms with Crippen LogP contribution in [0.2, 0.25) is 0 Å². The van der Waals surface area contributed by atoms with Crippen LogP contribution in [0.15, 0.2) is 16.8 Å². The van der Waals surface area contributed by atoms with E-state index in [0.29, 0.717) is 44.5 Å². The van der Waals surface area contributed by atoms with E-state index in [0.717, 1.165) is 31.7 Å². The molecule has 6 heterocycles. The zero-order valence-electron chi connectivity index (χ0n) is 18.0. The van der Waals surface area contributed by atoms with Gasteiger partial charge in [0.1, 0.15) is 0 Å². The maximum atomic E-state index is 13.0. The molecule has 2 bridgehead atoms. The number of aromatic nitrogens is 4. The van der Waals surface area contributed by atoms with Gasteiger partial charge in [-0.05, 0) is 19.8 Å². The number of carbonyl (C=O) groups is 2. The molecule has 0 spiro atoms. The minimum absolute atomic E-state index is 0.0234. The summed E-state index contributed by atoms with van der Waals surface area (Å²) in [7, 11) is 0. The minimum Gasteiger partial charge on any atom is -0.381 e. The lowest BCUT2D eigenvalue weighted by Gasteiger charge is -2.35. The van der Waals surface area contributed by atoms with E-state index >= 15 is 0 Å². The van der Waals surface area contributed by atoms with Crippen LogP contribution in [0.4, 0.5) is 0 Å². The second kappa shape index (κ2) is 7.38. The predicted molar refractivity (Wildman–Crippen MR) is 108 cm³/mol. The standard InChI is InChI=1S/C21H26N6O5/c1-21(11-31-12-21)18-5-17(32-23-18)20(29)27-8-14-4-15(27)7-26(14)19(28)16-9-25(24-22-16)6-13-2-3-30-10-13/h5,9,13-15H,2-4,6-8,10-12H2,1H3/t13?,14-,15-/m0/s1. The first-order valence-corrected chi connectivity index (χ1v) is 11.1. The summed E-state index contributed by atoms with van der Waals surface area (Å²) < 4.78 is 17.8. The number of rotatable bonds is 5. The highest BCUT2D eigenvalue weighted by atomic mass is 16.5. The van der Waals surface area contributed by atoms with Crippen LogP contribution in [0, 0.1) is 5.92 Å². The van der Waals surface area contributed by atoms with Crippen LogP contribution in [0.3, 0.4) is 0 Å². The first kappa shape index (κ1) is 19.9. The van der Waals surface area contributed by atoms with E-state index in [-0.39, 0.29) is 35.1 Å². The smallest absolute Gasteiger partial charge is 0.292 e. The van der Waals surface area contributed by atoms with Gasteiger partial charge in [0.15, 0.2) is 5.69 Å². The maximum Gasteiger partial charge on any atom is 0.292 e. The molecule has 2 amide bonds. The van der Waals surface area contributed by atoms with Gasteiger partial charge in [0.25, 0.3) is 11.8 Å². The lowest BCUT2D eigenvalue weighted by molar-refractivity contribution is -0.0532. The van der Waals surface area contributed by atoms with Gasteiger partial charge in [0.2, 0.25) is 5.76 Å². The highest BCUT2D eigenvalue weighted by molar-refractivity contribution is 5.94. The predicted octanol–water partition coefficient (Wildman–Crippen LogP) is 0.330. The van der Waals surface area contributed by atoms with Crippen molar-refractivity contribution in [1.29, 1.82) is 0 Å². The Bertz CT molecular complexity index is 1040. The molecule has 6 rings (SSSR count). The molecule has 2 aromatic rings. The van der Waals surface area contributed by atoms with Crippen LogP contribution in [0.5, 0.6) is 0 Å². The molecule has 0 aliphatic carbocycles. The highest BCUT2D eigenvalue weighted by Gasteiger charge is 2.49. The maximum absolute atomic E-state index is 13.0. The molecule has 1 unspecified atom stereocenters. The molecule has 0 saturated carbocycles. The number of nitrogens with zero attached hydrogens (tertiary/aromatic N) is 6. The number of fused-ring (bicyclic) bond motifs is 2. The number of likely N-dealkylation sites (tertiary alicyclic amines) is 2. The van der Waals surface area contributed by atoms with Crippen molar-refractivity contribution in [2.45, 2.75) is 43.8 Å². The lowest BCUT2D eigenvalue weighted by Crippen LogP contribution is -2.50. The molecule has 4 fully saturated rings. The highest BCUT2D eigenvalue weighted by Crippen LogP contribution is 2.34. The second-order valence-corrected chi connectivity index (χ2v) is 9.64. The average Bonchev–Trinajstić information content (AvgIpc) is 3.58. The van der Waals surface area contributed by atoms with Crippen molar-refractivity contribution in [3.8, 4) is 0 Å². The van der Waals surface area contributed by atoms with Crippen LogP contribution in [-0.4, -0.2) is 93.4 Å². The van der Waals surface area contributed by atoms with E-state index in [2.05, 4.69) is 15.5 Å². The summed E-state index contributed by atoms with van der Waals surface area (Å²) in [6, 6.07) is 1.68. The molecule has 11 nitrogen and oxygen atoms in total. The van der Waals surface area contributed by atoms with Crippen molar-refractivity contribution < 1.29 is 23.6 Å². The number of amides is 2. The summed E-state index contributed by atoms with van der Waals surface area (Å²) >= 11 is 0. The van der Waals surface area contributed by atoms with Gasteiger partial charge in [0, 0.05) is 38.2 Å². The van der Waals surface area contributed by atoms with Gasteiger partial charge in [-0.2, -0.15) is 0 Å². The Labute approximate surface area is 184 Å². The normalized spacial score (nSPS) is 28.3. The van der Waals surface area contributed by atoms with E-state index in [1.54, 1.807) is 21.8 Å². The molecule has 170 valence electrons. The Balaban J connectivity index is 1.09. The Hall–Kier alpha value is -2.79. The molecule has 0 radical (unpaired) electrons. The van der Waals surface area contributed by atoms with Gasteiger partial charge < -0.3 is 23.8 Å². The third kappa shape index (κ3) is 3.22. The number of hydrogen-bond donors (Lipinski definition) is 0. The SMILES string of the molecule is CC1(c2cc(C(=O)N3C[C@@H]4C[C@H]3CN4C(=O)c3cn(CC4CCOC4)nn3)on2)COC1. The first-order chi connectivity index (χ1) is 15.5. The lowest BCUT2D eigenvalue weighted by atomic mass is 9.85. The Kier molecular flexibility index (Phi) is 4.58. The van der Waals surface area contributed by atoms with Gasteiger partial charge in [0.05, 0.1) is 49.2 Å². The summed E-state index contributed by atoms with van der Waals surface area (Å²) in [6.45, 7) is 6.39. The van der Waals surface area contributed by atoms with Crippen molar-refractivity contribution in [1.82, 2.24) is 30.0 Å². The molecule has 2 aromatic heterocycles. The fourth-order valence-electron chi connectivity index (χ4n) is 5.15. The molecule has 32 heavy (non-hydrogen) atoms. The summed E-state index contributed by atoms with van der Waals surface area (Å²) in [5.41, 5.74) is 0.919. The molecule has 0 aromatic carbocycles. The largest absolute Gasteiger partial charge is 0.381 e. The third-order valence-electron chi connectivity index (χ3n) is 7.17. The zero-order valence-corrected chi connectivity index (χ0v) is 18.0. The molecule has 3 atom stereocenters. The second-order valence-electron chi connectivity index (χ2n) is 9.64. The van der Waals surface area contributed by atoms with Crippen LogP contribution >= 0.6 is 0 Å². The van der Waals surface area contributed by atoms with E-state index < -0.39 is 0 Å². The van der Waals surface area contributed by atoms with Gasteiger partial charge in [-0.3, -0.25) is 14.3 Å². The molecular weight excluding hydrogens is 416 g/mol. The minimum atomic E-state index is -0.183. The van der Waals surface area contributed by atoms with E-state index in [4.69, 9.17) is 14.0 Å². The van der Waals surface area contributed by atoms with Gasteiger partial charge in [-0.25, -0.2) is 0 Å². The Morgan fingerprint density at radius 3 is 2.59 bits per heavy atom. The van der Waals surface area contributed by atoms with Crippen molar-refractivity contribution in [2.24, 2.45) is 5.92 Å². The molecule has 11 heteroatoms. The third-order valence-corrected chi connectivity index (χ3v) is 7.17. The zero-order chi connectivity index (χ0) is 21.9. The van der Waals surface area contributed by atoms with Crippen molar-refractivity contribution in [3.63, 3.8) is 0 Å². The van der Waals surface area contributed by atoms with Gasteiger partial charge in [-0.15, -0.1) is 5.10 Å². The number of piperazine rings is 1. The van der Waals surface area contributed by atoms with Crippen LogP contribution in [-0.2, 0) is 21.4 Å². The summed E-state index contributed by atoms with van der Waals surface area (Å²) in [6.07, 6.45) is 3.48. The molecule has 0 N–H and O–H groups in total. The summed E-state index contributed by atoms with van der Waals surface area (Å²) in [4.78, 5) is 29.7. The van der Waals surface area contributed by atoms with E-state index in [9.17, 15) is 9.59 Å². The molecule has 4 aliphatic heterocycles. The number of hydrogen-bond acceptors (Lipinski definition) is 8. The Morgan fingerprint density at radius 1 is 1.16 bits per heavy atom. The average molecular weight is 442 g/mol. The van der Waals surface area contributed by atoms with Crippen LogP contribution < -0.4 is 0 Å². The fraction of sp³-hybridized carbons (Fsp3) is 0.667. The van der Waals surface area contributed by atoms with Crippen molar-refractivity contribution in [2.75, 3.05) is 39.5 Å². The van der Waals surface area contributed by atoms with Gasteiger partial charge in [-0.1, -0.05) is 10.4 Å². The quantitative estimate of drug-likeness (QED) is 0.651. The number of ether oxygens (including phenoxy) is 2. The topological polar surface area (TPSA) is 116 Å². The number of carbonyl (C=O) groups excluding carboxylic acids is 2. The molecule has 4 saturated heterocycles. The van der Waals surface area contributed by atoms with E-state index in [1.807, 2.05) is 11.8 Å². The summed E-state index contributed by atoms with van der Waals surface area (Å²) in [5.74, 6) is 0.366. The Morgan fingerprint density at radius 2 is 1.94 bits per heavy atom. The van der Waals surface area contributed by atoms with E-state index in [1.165, 1.54) is 0 Å². The molecule has 4 aliphatic rings. The molecular formula is C21H26N6O5. The van der Waals surface area contributed by atoms with Crippen LogP contribution in [0.1, 0.15) is 46.5 Å². The first-order valence-electron chi connectivity index (χ1n) is 11.1.